The van der Waals surface area contributed by atoms with Crippen LogP contribution >= 0.6 is 0 Å². The van der Waals surface area contributed by atoms with Crippen molar-refractivity contribution in [2.75, 3.05) is 13.1 Å². The Bertz CT molecular complexity index is 1150. The Morgan fingerprint density at radius 2 is 2.10 bits per heavy atom. The minimum absolute atomic E-state index is 0.213. The van der Waals surface area contributed by atoms with Gasteiger partial charge in [0.25, 0.3) is 5.91 Å². The van der Waals surface area contributed by atoms with Crippen LogP contribution in [-0.4, -0.2) is 44.6 Å². The highest BCUT2D eigenvalue weighted by Gasteiger charge is 2.33. The molecule has 6 nitrogen and oxygen atoms in total. The molecule has 4 heterocycles. The lowest BCUT2D eigenvalue weighted by molar-refractivity contribution is -0.148. The van der Waals surface area contributed by atoms with Crippen molar-refractivity contribution in [2.45, 2.75) is 58.2 Å². The number of hydrogen-bond donors (Lipinski definition) is 3. The van der Waals surface area contributed by atoms with Crippen molar-refractivity contribution in [2.24, 2.45) is 0 Å². The summed E-state index contributed by atoms with van der Waals surface area (Å²) in [7, 11) is 0. The van der Waals surface area contributed by atoms with Gasteiger partial charge in [-0.15, -0.1) is 0 Å². The Morgan fingerprint density at radius 3 is 2.84 bits per heavy atom. The Balaban J connectivity index is 1.60. The van der Waals surface area contributed by atoms with E-state index >= 15 is 0 Å². The molecule has 3 N–H and O–H groups in total. The number of aliphatic hydroxyl groups is 1. The van der Waals surface area contributed by atoms with Crippen LogP contribution in [0.5, 0.6) is 0 Å². The Labute approximate surface area is 182 Å². The number of pyridine rings is 1. The lowest BCUT2D eigenvalue weighted by Gasteiger charge is -2.35. The second-order valence-electron chi connectivity index (χ2n) is 9.48. The van der Waals surface area contributed by atoms with Crippen LogP contribution in [0.1, 0.15) is 55.0 Å². The molecule has 2 aliphatic heterocycles. The molecule has 1 amide bonds. The minimum Gasteiger partial charge on any atom is -0.381 e. The highest BCUT2D eigenvalue weighted by Crippen LogP contribution is 2.36. The number of benzene rings is 1. The Morgan fingerprint density at radius 1 is 1.26 bits per heavy atom. The van der Waals surface area contributed by atoms with E-state index in [0.29, 0.717) is 19.1 Å². The molecule has 3 aromatic rings. The van der Waals surface area contributed by atoms with Crippen molar-refractivity contribution in [3.05, 3.63) is 52.8 Å². The average molecular weight is 419 g/mol. The second-order valence-corrected chi connectivity index (χ2v) is 9.48. The summed E-state index contributed by atoms with van der Waals surface area (Å²) in [4.78, 5) is 22.4. The molecule has 0 spiro atoms. The number of carbonyl (C=O) groups is 1. The predicted molar refractivity (Wildman–Crippen MR) is 122 cm³/mol. The largest absolute Gasteiger partial charge is 0.381 e. The molecule has 0 unspecified atom stereocenters. The fraction of sp³-hybridized carbons (Fsp3) is 0.440. The van der Waals surface area contributed by atoms with Crippen LogP contribution < -0.4 is 5.32 Å². The van der Waals surface area contributed by atoms with Crippen molar-refractivity contribution >= 4 is 16.9 Å². The number of H-pyrrole nitrogens is 1. The molecule has 0 radical (unpaired) electrons. The van der Waals surface area contributed by atoms with Crippen molar-refractivity contribution in [1.29, 1.82) is 0 Å². The van der Waals surface area contributed by atoms with E-state index in [4.69, 9.17) is 0 Å². The van der Waals surface area contributed by atoms with E-state index in [0.717, 1.165) is 41.5 Å². The number of fused-ring (bicyclic) bond motifs is 2. The maximum atomic E-state index is 12.7. The van der Waals surface area contributed by atoms with E-state index in [9.17, 15) is 9.90 Å². The van der Waals surface area contributed by atoms with E-state index < -0.39 is 5.60 Å². The zero-order chi connectivity index (χ0) is 21.8. The molecule has 162 valence electrons. The molecule has 0 saturated carbocycles. The van der Waals surface area contributed by atoms with Crippen LogP contribution in [0.25, 0.3) is 22.2 Å². The van der Waals surface area contributed by atoms with Crippen molar-refractivity contribution in [3.63, 3.8) is 0 Å². The van der Waals surface area contributed by atoms with Gasteiger partial charge in [-0.3, -0.25) is 4.79 Å². The molecule has 1 saturated heterocycles. The maximum absolute atomic E-state index is 12.7. The summed E-state index contributed by atoms with van der Waals surface area (Å²) in [6, 6.07) is 7.09. The number of aromatic nitrogens is 2. The minimum atomic E-state index is -1.36. The van der Waals surface area contributed by atoms with Crippen molar-refractivity contribution < 1.29 is 9.90 Å². The molecule has 0 bridgehead atoms. The topological polar surface area (TPSA) is 81.2 Å². The van der Waals surface area contributed by atoms with Gasteiger partial charge in [-0.25, -0.2) is 4.98 Å². The average Bonchev–Trinajstić information content (AvgIpc) is 3.41. The van der Waals surface area contributed by atoms with Crippen molar-refractivity contribution in [3.8, 4) is 11.1 Å². The molecule has 2 aromatic heterocycles. The molecular weight excluding hydrogens is 388 g/mol. The van der Waals surface area contributed by atoms with Gasteiger partial charge in [-0.1, -0.05) is 0 Å². The zero-order valence-electron chi connectivity index (χ0n) is 18.5. The number of nitrogens with zero attached hydrogens (tertiary/aromatic N) is 2. The van der Waals surface area contributed by atoms with Gasteiger partial charge < -0.3 is 20.3 Å². The van der Waals surface area contributed by atoms with Gasteiger partial charge in [0.05, 0.1) is 0 Å². The summed E-state index contributed by atoms with van der Waals surface area (Å²) >= 11 is 0. The molecular formula is C25H30N4O2. The van der Waals surface area contributed by atoms with Gasteiger partial charge in [0.2, 0.25) is 0 Å². The smallest absolute Gasteiger partial charge is 0.254 e. The molecule has 31 heavy (non-hydrogen) atoms. The summed E-state index contributed by atoms with van der Waals surface area (Å²) in [5.74, 6) is -0.213. The quantitative estimate of drug-likeness (QED) is 0.607. The fourth-order valence-corrected chi connectivity index (χ4v) is 5.01. The monoisotopic (exact) mass is 418 g/mol. The number of amides is 1. The van der Waals surface area contributed by atoms with E-state index in [-0.39, 0.29) is 5.91 Å². The molecule has 2 aliphatic rings. The third-order valence-electron chi connectivity index (χ3n) is 6.69. The number of carbonyl (C=O) groups excluding carboxylic acids is 1. The predicted octanol–water partition coefficient (Wildman–Crippen LogP) is 3.62. The lowest BCUT2D eigenvalue weighted by atomic mass is 9.86. The number of rotatable bonds is 3. The molecule has 1 fully saturated rings. The van der Waals surface area contributed by atoms with Gasteiger partial charge in [-0.05, 0) is 92.6 Å². The highest BCUT2D eigenvalue weighted by atomic mass is 16.3. The maximum Gasteiger partial charge on any atom is 0.254 e. The number of hydrogen-bond acceptors (Lipinski definition) is 4. The summed E-state index contributed by atoms with van der Waals surface area (Å²) in [6.07, 6.45) is 7.05. The second kappa shape index (κ2) is 7.46. The van der Waals surface area contributed by atoms with E-state index in [1.807, 2.05) is 12.4 Å². The first-order valence-corrected chi connectivity index (χ1v) is 11.2. The molecule has 1 atom stereocenters. The molecule has 6 heteroatoms. The first-order chi connectivity index (χ1) is 14.8. The van der Waals surface area contributed by atoms with Gasteiger partial charge in [-0.2, -0.15) is 0 Å². The van der Waals surface area contributed by atoms with Crippen LogP contribution in [0.15, 0.2) is 30.6 Å². The van der Waals surface area contributed by atoms with Crippen LogP contribution in [0.2, 0.25) is 0 Å². The van der Waals surface area contributed by atoms with Gasteiger partial charge >= 0.3 is 0 Å². The standard InChI is InChI=1S/C25H30N4O2/c1-15-12-27-23-20(15)11-17(13-28-23)16-9-18-14-29(24(30)25(2,3)31)8-6-19(18)21(10-16)22-5-4-7-26-22/h9-13,22,26,31H,4-8,14H2,1-3H3,(H,27,28)/t22-/m0/s1. The van der Waals surface area contributed by atoms with Crippen LogP contribution in [0.3, 0.4) is 0 Å². The van der Waals surface area contributed by atoms with Gasteiger partial charge in [0.15, 0.2) is 0 Å². The van der Waals surface area contributed by atoms with E-state index in [1.54, 1.807) is 18.7 Å². The van der Waals surface area contributed by atoms with Crippen LogP contribution in [0.4, 0.5) is 0 Å². The summed E-state index contributed by atoms with van der Waals surface area (Å²) in [6.45, 7) is 7.44. The fourth-order valence-electron chi connectivity index (χ4n) is 5.01. The number of aryl methyl sites for hydroxylation is 1. The normalized spacial score (nSPS) is 19.1. The SMILES string of the molecule is Cc1c[nH]c2ncc(-c3cc4c(c([C@@H]5CCCN5)c3)CCN(C(=O)C(C)(C)O)C4)cc12. The summed E-state index contributed by atoms with van der Waals surface area (Å²) in [5.41, 5.74) is 6.84. The van der Waals surface area contributed by atoms with Gasteiger partial charge in [0.1, 0.15) is 11.2 Å². The first kappa shape index (κ1) is 20.2. The van der Waals surface area contributed by atoms with Crippen molar-refractivity contribution in [1.82, 2.24) is 20.2 Å². The number of aromatic amines is 1. The first-order valence-electron chi connectivity index (χ1n) is 11.2. The van der Waals surface area contributed by atoms with E-state index in [1.165, 1.54) is 28.7 Å². The molecule has 0 aliphatic carbocycles. The Kier molecular flexibility index (Phi) is 4.87. The van der Waals surface area contributed by atoms with Gasteiger partial charge in [0, 0.05) is 42.5 Å². The highest BCUT2D eigenvalue weighted by molar-refractivity contribution is 5.86. The number of nitrogens with one attached hydrogen (secondary N) is 2. The summed E-state index contributed by atoms with van der Waals surface area (Å²) < 4.78 is 0. The third-order valence-corrected chi connectivity index (χ3v) is 6.69. The zero-order valence-corrected chi connectivity index (χ0v) is 18.5. The summed E-state index contributed by atoms with van der Waals surface area (Å²) in [5, 5.41) is 15.0. The van der Waals surface area contributed by atoms with E-state index in [2.05, 4.69) is 40.4 Å². The van der Waals surface area contributed by atoms with Crippen LogP contribution in [0, 0.1) is 6.92 Å². The molecule has 1 aromatic carbocycles. The lowest BCUT2D eigenvalue weighted by Crippen LogP contribution is -2.47. The molecule has 5 rings (SSSR count). The third kappa shape index (κ3) is 3.64. The van der Waals surface area contributed by atoms with Crippen LogP contribution in [-0.2, 0) is 17.8 Å². The Hall–Kier alpha value is -2.70.